The highest BCUT2D eigenvalue weighted by atomic mass is 35.5. The topological polar surface area (TPSA) is 43.8 Å². The molecule has 5 heteroatoms. The number of rotatable bonds is 11. The highest BCUT2D eigenvalue weighted by Crippen LogP contribution is 2.25. The Morgan fingerprint density at radius 2 is 1.47 bits per heavy atom. The van der Waals surface area contributed by atoms with Gasteiger partial charge in [0.2, 0.25) is 0 Å². The molecule has 2 aromatic carbocycles. The van der Waals surface area contributed by atoms with Crippen molar-refractivity contribution in [1.29, 1.82) is 0 Å². The largest absolute Gasteiger partial charge is 0.481 e. The standard InChI is InChI=1S/C25H34N2O2.ClH/c28-25(29)22-13-12-19-26(21-22)18-10-2-1-3-11-20-27(23-14-6-4-7-15-23)24-16-8-5-9-17-24;/h4-9,14-17,22H,1-3,10-13,18-21H2,(H,28,29);1H/t22-;/m1./s1. The number of piperidine rings is 1. The number of carboxylic acid groups (broad SMARTS) is 1. The van der Waals surface area contributed by atoms with Gasteiger partial charge in [0.1, 0.15) is 0 Å². The van der Waals surface area contributed by atoms with Crippen molar-refractivity contribution in [2.75, 3.05) is 31.1 Å². The minimum Gasteiger partial charge on any atom is -0.481 e. The second-order valence-electron chi connectivity index (χ2n) is 8.07. The van der Waals surface area contributed by atoms with Crippen molar-refractivity contribution in [3.63, 3.8) is 0 Å². The highest BCUT2D eigenvalue weighted by molar-refractivity contribution is 5.85. The van der Waals surface area contributed by atoms with Crippen LogP contribution < -0.4 is 4.90 Å². The van der Waals surface area contributed by atoms with Crippen LogP contribution in [0.5, 0.6) is 0 Å². The van der Waals surface area contributed by atoms with Gasteiger partial charge in [0.25, 0.3) is 0 Å². The number of aliphatic carboxylic acids is 1. The summed E-state index contributed by atoms with van der Waals surface area (Å²) in [4.78, 5) is 15.9. The molecule has 1 heterocycles. The number of carboxylic acids is 1. The third-order valence-electron chi connectivity index (χ3n) is 5.85. The lowest BCUT2D eigenvalue weighted by atomic mass is 9.98. The Kier molecular flexibility index (Phi) is 10.7. The van der Waals surface area contributed by atoms with E-state index in [1.165, 1.54) is 43.5 Å². The number of para-hydroxylation sites is 2. The van der Waals surface area contributed by atoms with Gasteiger partial charge in [-0.15, -0.1) is 12.4 Å². The van der Waals surface area contributed by atoms with Crippen molar-refractivity contribution in [2.24, 2.45) is 5.92 Å². The number of nitrogens with zero attached hydrogens (tertiary/aromatic N) is 2. The van der Waals surface area contributed by atoms with Crippen LogP contribution in [0.15, 0.2) is 60.7 Å². The first-order valence-electron chi connectivity index (χ1n) is 11.1. The van der Waals surface area contributed by atoms with Crippen molar-refractivity contribution in [3.8, 4) is 0 Å². The molecule has 1 fully saturated rings. The summed E-state index contributed by atoms with van der Waals surface area (Å²) in [6, 6.07) is 21.2. The average Bonchev–Trinajstić information content (AvgIpc) is 2.77. The summed E-state index contributed by atoms with van der Waals surface area (Å²) in [5, 5.41) is 9.20. The van der Waals surface area contributed by atoms with Crippen LogP contribution in [0.3, 0.4) is 0 Å². The van der Waals surface area contributed by atoms with Crippen LogP contribution in [0.4, 0.5) is 11.4 Å². The fourth-order valence-electron chi connectivity index (χ4n) is 4.22. The molecule has 0 amide bonds. The SMILES string of the molecule is Cl.O=C(O)[C@@H]1CCCN(CCCCCCCN(c2ccccc2)c2ccccc2)C1. The zero-order valence-electron chi connectivity index (χ0n) is 17.8. The fourth-order valence-corrected chi connectivity index (χ4v) is 4.22. The molecular weight excluding hydrogens is 396 g/mol. The van der Waals surface area contributed by atoms with Crippen molar-refractivity contribution < 1.29 is 9.90 Å². The molecular formula is C25H35ClN2O2. The molecule has 0 radical (unpaired) electrons. The van der Waals surface area contributed by atoms with E-state index in [2.05, 4.69) is 70.5 Å². The van der Waals surface area contributed by atoms with Crippen LogP contribution in [0.2, 0.25) is 0 Å². The summed E-state index contributed by atoms with van der Waals surface area (Å²) in [6.45, 7) is 3.87. The monoisotopic (exact) mass is 430 g/mol. The van der Waals surface area contributed by atoms with Crippen LogP contribution in [-0.4, -0.2) is 42.2 Å². The van der Waals surface area contributed by atoms with E-state index >= 15 is 0 Å². The fraction of sp³-hybridized carbons (Fsp3) is 0.480. The minimum atomic E-state index is -0.629. The van der Waals surface area contributed by atoms with Gasteiger partial charge in [-0.2, -0.15) is 0 Å². The predicted octanol–water partition coefficient (Wildman–Crippen LogP) is 5.99. The normalized spacial score (nSPS) is 16.6. The molecule has 0 aromatic heterocycles. The first-order valence-corrected chi connectivity index (χ1v) is 11.1. The maximum absolute atomic E-state index is 11.2. The number of unbranched alkanes of at least 4 members (excludes halogenated alkanes) is 4. The number of anilines is 2. The Bertz CT molecular complexity index is 687. The number of hydrogen-bond donors (Lipinski definition) is 1. The molecule has 2 aromatic rings. The Morgan fingerprint density at radius 3 is 2.07 bits per heavy atom. The van der Waals surface area contributed by atoms with Crippen LogP contribution >= 0.6 is 12.4 Å². The van der Waals surface area contributed by atoms with Gasteiger partial charge < -0.3 is 14.9 Å². The number of benzene rings is 2. The highest BCUT2D eigenvalue weighted by Gasteiger charge is 2.24. The second-order valence-corrected chi connectivity index (χ2v) is 8.07. The minimum absolute atomic E-state index is 0. The van der Waals surface area contributed by atoms with Crippen LogP contribution in [-0.2, 0) is 4.79 Å². The van der Waals surface area contributed by atoms with E-state index in [4.69, 9.17) is 0 Å². The Labute approximate surface area is 187 Å². The van der Waals surface area contributed by atoms with Gasteiger partial charge in [0.05, 0.1) is 5.92 Å². The van der Waals surface area contributed by atoms with E-state index in [0.29, 0.717) is 0 Å². The molecule has 3 rings (SSSR count). The summed E-state index contributed by atoms with van der Waals surface area (Å²) in [5.74, 6) is -0.790. The molecule has 0 unspecified atom stereocenters. The average molecular weight is 431 g/mol. The quantitative estimate of drug-likeness (QED) is 0.444. The van der Waals surface area contributed by atoms with Crippen molar-refractivity contribution in [3.05, 3.63) is 60.7 Å². The molecule has 0 spiro atoms. The third kappa shape index (κ3) is 7.66. The van der Waals surface area contributed by atoms with Crippen LogP contribution in [0.1, 0.15) is 44.9 Å². The maximum Gasteiger partial charge on any atom is 0.307 e. The van der Waals surface area contributed by atoms with E-state index in [1.54, 1.807) is 0 Å². The van der Waals surface area contributed by atoms with E-state index in [-0.39, 0.29) is 18.3 Å². The summed E-state index contributed by atoms with van der Waals surface area (Å²) in [7, 11) is 0. The van der Waals surface area contributed by atoms with E-state index in [1.807, 2.05) is 0 Å². The van der Waals surface area contributed by atoms with Gasteiger partial charge in [0, 0.05) is 24.5 Å². The Morgan fingerprint density at radius 1 is 0.900 bits per heavy atom. The molecule has 1 saturated heterocycles. The lowest BCUT2D eigenvalue weighted by Gasteiger charge is -2.30. The molecule has 30 heavy (non-hydrogen) atoms. The maximum atomic E-state index is 11.2. The summed E-state index contributed by atoms with van der Waals surface area (Å²) in [6.07, 6.45) is 7.91. The van der Waals surface area contributed by atoms with Gasteiger partial charge in [-0.05, 0) is 63.0 Å². The predicted molar refractivity (Wildman–Crippen MR) is 127 cm³/mol. The Hall–Kier alpha value is -2.04. The molecule has 164 valence electrons. The molecule has 1 aliphatic heterocycles. The molecule has 0 saturated carbocycles. The molecule has 1 aliphatic rings. The summed E-state index contributed by atoms with van der Waals surface area (Å²) < 4.78 is 0. The number of likely N-dealkylation sites (tertiary alicyclic amines) is 1. The molecule has 0 aliphatic carbocycles. The number of carbonyl (C=O) groups is 1. The Balaban J connectivity index is 0.00000320. The zero-order chi connectivity index (χ0) is 20.3. The molecule has 1 atom stereocenters. The van der Waals surface area contributed by atoms with Gasteiger partial charge >= 0.3 is 5.97 Å². The van der Waals surface area contributed by atoms with E-state index in [0.717, 1.165) is 39.0 Å². The lowest BCUT2D eigenvalue weighted by molar-refractivity contribution is -0.143. The van der Waals surface area contributed by atoms with Crippen molar-refractivity contribution in [1.82, 2.24) is 4.90 Å². The first-order chi connectivity index (χ1) is 14.2. The smallest absolute Gasteiger partial charge is 0.307 e. The van der Waals surface area contributed by atoms with Crippen molar-refractivity contribution in [2.45, 2.75) is 44.9 Å². The van der Waals surface area contributed by atoms with Gasteiger partial charge in [-0.25, -0.2) is 0 Å². The van der Waals surface area contributed by atoms with Gasteiger partial charge in [0.15, 0.2) is 0 Å². The third-order valence-corrected chi connectivity index (χ3v) is 5.85. The van der Waals surface area contributed by atoms with E-state index < -0.39 is 5.97 Å². The lowest BCUT2D eigenvalue weighted by Crippen LogP contribution is -2.39. The molecule has 1 N–H and O–H groups in total. The second kappa shape index (κ2) is 13.3. The molecule has 0 bridgehead atoms. The van der Waals surface area contributed by atoms with Gasteiger partial charge in [-0.3, -0.25) is 4.79 Å². The molecule has 4 nitrogen and oxygen atoms in total. The van der Waals surface area contributed by atoms with Crippen molar-refractivity contribution >= 4 is 29.8 Å². The summed E-state index contributed by atoms with van der Waals surface area (Å²) >= 11 is 0. The van der Waals surface area contributed by atoms with Crippen LogP contribution in [0, 0.1) is 5.92 Å². The number of hydrogen-bond acceptors (Lipinski definition) is 3. The van der Waals surface area contributed by atoms with E-state index in [9.17, 15) is 9.90 Å². The first kappa shape index (κ1) is 24.2. The number of halogens is 1. The van der Waals surface area contributed by atoms with Gasteiger partial charge in [-0.1, -0.05) is 55.7 Å². The van der Waals surface area contributed by atoms with Crippen LogP contribution in [0.25, 0.3) is 0 Å². The zero-order valence-corrected chi connectivity index (χ0v) is 18.6. The summed E-state index contributed by atoms with van der Waals surface area (Å²) in [5.41, 5.74) is 2.49.